The van der Waals surface area contributed by atoms with Crippen molar-refractivity contribution in [1.29, 1.82) is 0 Å². The first-order valence-corrected chi connectivity index (χ1v) is 11.8. The predicted molar refractivity (Wildman–Crippen MR) is 131 cm³/mol. The summed E-state index contributed by atoms with van der Waals surface area (Å²) in [4.78, 5) is 15.2. The smallest absolute Gasteiger partial charge is 0.240 e. The normalized spacial score (nSPS) is 18.9. The van der Waals surface area contributed by atoms with E-state index < -0.39 is 0 Å². The number of rotatable bonds is 7. The highest BCUT2D eigenvalue weighted by Gasteiger charge is 2.22. The maximum atomic E-state index is 12.8. The lowest BCUT2D eigenvalue weighted by molar-refractivity contribution is -0.121. The molecule has 33 heavy (non-hydrogen) atoms. The molecule has 0 spiro atoms. The number of carbonyl (C=O) groups excluding carboxylic acids is 1. The summed E-state index contributed by atoms with van der Waals surface area (Å²) in [7, 11) is 0. The molecular weight excluding hydrogens is 458 g/mol. The topological polar surface area (TPSA) is 75.2 Å². The van der Waals surface area contributed by atoms with Crippen molar-refractivity contribution in [2.24, 2.45) is 0 Å². The summed E-state index contributed by atoms with van der Waals surface area (Å²) in [6, 6.07) is 15.5. The minimum absolute atomic E-state index is 0.0773. The Balaban J connectivity index is 1.41. The number of nitrogens with zero attached hydrogens (tertiary/aromatic N) is 3. The molecule has 9 heteroatoms. The number of hydrogen-bond donors (Lipinski definition) is 2. The van der Waals surface area contributed by atoms with Crippen molar-refractivity contribution in [2.75, 3.05) is 13.1 Å². The van der Waals surface area contributed by atoms with Crippen molar-refractivity contribution in [1.82, 2.24) is 25.0 Å². The number of H-pyrrole nitrogens is 1. The van der Waals surface area contributed by atoms with Gasteiger partial charge in [0.15, 0.2) is 10.6 Å². The molecule has 174 valence electrons. The third-order valence-corrected chi connectivity index (χ3v) is 6.21. The van der Waals surface area contributed by atoms with E-state index in [1.165, 1.54) is 5.56 Å². The van der Waals surface area contributed by atoms with Crippen LogP contribution in [0.5, 0.6) is 0 Å². The van der Waals surface area contributed by atoms with Crippen LogP contribution in [0.4, 0.5) is 0 Å². The zero-order valence-electron chi connectivity index (χ0n) is 18.8. The molecule has 4 rings (SSSR count). The molecular formula is C24H28ClN5O2S. The summed E-state index contributed by atoms with van der Waals surface area (Å²) < 4.78 is 7.93. The second-order valence-electron chi connectivity index (χ2n) is 8.44. The molecule has 1 saturated heterocycles. The Morgan fingerprint density at radius 3 is 2.52 bits per heavy atom. The molecule has 1 aliphatic rings. The first-order chi connectivity index (χ1) is 15.9. The first kappa shape index (κ1) is 23.6. The Morgan fingerprint density at radius 1 is 1.15 bits per heavy atom. The lowest BCUT2D eigenvalue weighted by Gasteiger charge is -2.35. The SMILES string of the molecule is CC1CN(Cc2ccccc2CNC(=O)Cn2c(-c3ccc(Cl)cc3)n[nH]c2=S)CC(C)O1. The van der Waals surface area contributed by atoms with E-state index in [-0.39, 0.29) is 24.7 Å². The molecule has 0 aliphatic carbocycles. The standard InChI is InChI=1S/C24H28ClN5O2S/c1-16-12-29(13-17(2)32-16)14-20-6-4-3-5-19(20)11-26-22(31)15-30-23(27-28-24(30)33)18-7-9-21(25)10-8-18/h3-10,16-17H,11-15H2,1-2H3,(H,26,31)(H,28,33). The number of hydrogen-bond acceptors (Lipinski definition) is 5. The van der Waals surface area contributed by atoms with Crippen molar-refractivity contribution < 1.29 is 9.53 Å². The predicted octanol–water partition coefficient (Wildman–Crippen LogP) is 4.19. The molecule has 1 aliphatic heterocycles. The summed E-state index contributed by atoms with van der Waals surface area (Å²) in [6.45, 7) is 7.37. The zero-order valence-corrected chi connectivity index (χ0v) is 20.3. The summed E-state index contributed by atoms with van der Waals surface area (Å²) >= 11 is 11.3. The molecule has 2 atom stereocenters. The largest absolute Gasteiger partial charge is 0.373 e. The monoisotopic (exact) mass is 485 g/mol. The molecule has 0 radical (unpaired) electrons. The quantitative estimate of drug-likeness (QED) is 0.491. The number of benzene rings is 2. The van der Waals surface area contributed by atoms with Crippen LogP contribution >= 0.6 is 23.8 Å². The van der Waals surface area contributed by atoms with Crippen molar-refractivity contribution in [3.63, 3.8) is 0 Å². The third kappa shape index (κ3) is 6.09. The molecule has 1 aromatic heterocycles. The number of aromatic nitrogens is 3. The van der Waals surface area contributed by atoms with Crippen molar-refractivity contribution in [2.45, 2.75) is 45.7 Å². The van der Waals surface area contributed by atoms with E-state index in [0.29, 0.717) is 22.2 Å². The summed E-state index contributed by atoms with van der Waals surface area (Å²) in [5, 5.41) is 10.7. The molecule has 2 aromatic carbocycles. The van der Waals surface area contributed by atoms with Gasteiger partial charge in [0, 0.05) is 36.8 Å². The van der Waals surface area contributed by atoms with Gasteiger partial charge in [-0.3, -0.25) is 19.4 Å². The van der Waals surface area contributed by atoms with E-state index in [0.717, 1.165) is 30.8 Å². The molecule has 2 heterocycles. The van der Waals surface area contributed by atoms with Gasteiger partial charge in [-0.15, -0.1) is 0 Å². The maximum absolute atomic E-state index is 12.8. The van der Waals surface area contributed by atoms with Gasteiger partial charge < -0.3 is 10.1 Å². The van der Waals surface area contributed by atoms with Crippen LogP contribution in [0, 0.1) is 4.77 Å². The number of carbonyl (C=O) groups is 1. The van der Waals surface area contributed by atoms with E-state index in [1.807, 2.05) is 24.3 Å². The van der Waals surface area contributed by atoms with Gasteiger partial charge in [-0.2, -0.15) is 5.10 Å². The molecule has 0 saturated carbocycles. The lowest BCUT2D eigenvalue weighted by atomic mass is 10.1. The summed E-state index contributed by atoms with van der Waals surface area (Å²) in [6.07, 6.45) is 0.435. The Bertz CT molecular complexity index is 1150. The molecule has 2 N–H and O–H groups in total. The third-order valence-electron chi connectivity index (χ3n) is 5.65. The van der Waals surface area contributed by atoms with Gasteiger partial charge in [-0.25, -0.2) is 0 Å². The van der Waals surface area contributed by atoms with Gasteiger partial charge in [0.1, 0.15) is 6.54 Å². The second-order valence-corrected chi connectivity index (χ2v) is 9.27. The van der Waals surface area contributed by atoms with E-state index in [1.54, 1.807) is 16.7 Å². The second kappa shape index (κ2) is 10.6. The van der Waals surface area contributed by atoms with Gasteiger partial charge in [0.05, 0.1) is 12.2 Å². The van der Waals surface area contributed by atoms with Crippen LogP contribution in [0.15, 0.2) is 48.5 Å². The Morgan fingerprint density at radius 2 is 1.82 bits per heavy atom. The zero-order chi connectivity index (χ0) is 23.4. The minimum atomic E-state index is -0.133. The number of halogens is 1. The van der Waals surface area contributed by atoms with Crippen LogP contribution < -0.4 is 5.32 Å². The van der Waals surface area contributed by atoms with E-state index >= 15 is 0 Å². The molecule has 7 nitrogen and oxygen atoms in total. The van der Waals surface area contributed by atoms with Crippen LogP contribution in [0.3, 0.4) is 0 Å². The van der Waals surface area contributed by atoms with Gasteiger partial charge in [0.25, 0.3) is 0 Å². The highest BCUT2D eigenvalue weighted by atomic mass is 35.5. The molecule has 2 unspecified atom stereocenters. The maximum Gasteiger partial charge on any atom is 0.240 e. The van der Waals surface area contributed by atoms with Crippen LogP contribution in [0.2, 0.25) is 5.02 Å². The fourth-order valence-electron chi connectivity index (χ4n) is 4.22. The van der Waals surface area contributed by atoms with Gasteiger partial charge in [-0.05, 0) is 61.5 Å². The number of nitrogens with one attached hydrogen (secondary N) is 2. The Labute approximate surface area is 203 Å². The van der Waals surface area contributed by atoms with Gasteiger partial charge in [0.2, 0.25) is 5.91 Å². The summed E-state index contributed by atoms with van der Waals surface area (Å²) in [5.41, 5.74) is 3.14. The highest BCUT2D eigenvalue weighted by molar-refractivity contribution is 7.71. The van der Waals surface area contributed by atoms with Gasteiger partial charge >= 0.3 is 0 Å². The number of aromatic amines is 1. The highest BCUT2D eigenvalue weighted by Crippen LogP contribution is 2.20. The molecule has 1 amide bonds. The average molecular weight is 486 g/mol. The van der Waals surface area contributed by atoms with Crippen LogP contribution in [0.25, 0.3) is 11.4 Å². The molecule has 3 aromatic rings. The van der Waals surface area contributed by atoms with E-state index in [4.69, 9.17) is 28.6 Å². The van der Waals surface area contributed by atoms with Crippen LogP contribution in [-0.4, -0.2) is 50.9 Å². The summed E-state index contributed by atoms with van der Waals surface area (Å²) in [5.74, 6) is 0.467. The van der Waals surface area contributed by atoms with Gasteiger partial charge in [-0.1, -0.05) is 35.9 Å². The minimum Gasteiger partial charge on any atom is -0.373 e. The Kier molecular flexibility index (Phi) is 7.60. The van der Waals surface area contributed by atoms with Crippen molar-refractivity contribution >= 4 is 29.7 Å². The van der Waals surface area contributed by atoms with E-state index in [9.17, 15) is 4.79 Å². The fraction of sp³-hybridized carbons (Fsp3) is 0.375. The van der Waals surface area contributed by atoms with Crippen molar-refractivity contribution in [3.05, 3.63) is 69.5 Å². The average Bonchev–Trinajstić information content (AvgIpc) is 3.13. The van der Waals surface area contributed by atoms with Crippen molar-refractivity contribution in [3.8, 4) is 11.4 Å². The number of ether oxygens (including phenoxy) is 1. The van der Waals surface area contributed by atoms with Crippen LogP contribution in [0.1, 0.15) is 25.0 Å². The molecule has 0 bridgehead atoms. The fourth-order valence-corrected chi connectivity index (χ4v) is 4.54. The molecule has 1 fully saturated rings. The lowest BCUT2D eigenvalue weighted by Crippen LogP contribution is -2.45. The number of amides is 1. The first-order valence-electron chi connectivity index (χ1n) is 11.0. The van der Waals surface area contributed by atoms with Crippen LogP contribution in [-0.2, 0) is 29.2 Å². The van der Waals surface area contributed by atoms with E-state index in [2.05, 4.69) is 46.4 Å². The Hall–Kier alpha value is -2.52. The number of morpholine rings is 1.